The summed E-state index contributed by atoms with van der Waals surface area (Å²) in [7, 11) is 1.35. The number of carbonyl (C=O) groups is 1. The summed E-state index contributed by atoms with van der Waals surface area (Å²) in [4.78, 5) is 13.4. The van der Waals surface area contributed by atoms with Crippen LogP contribution >= 0.6 is 11.8 Å². The van der Waals surface area contributed by atoms with Gasteiger partial charge in [-0.2, -0.15) is 18.3 Å². The maximum Gasteiger partial charge on any atom is 0.434 e. The first-order valence-electron chi connectivity index (χ1n) is 7.82. The molecule has 0 saturated carbocycles. The first-order chi connectivity index (χ1) is 13.3. The van der Waals surface area contributed by atoms with Gasteiger partial charge in [-0.1, -0.05) is 0 Å². The number of halogens is 3. The van der Waals surface area contributed by atoms with Gasteiger partial charge in [0, 0.05) is 16.6 Å². The maximum atomic E-state index is 13.7. The van der Waals surface area contributed by atoms with E-state index in [0.29, 0.717) is 10.4 Å². The van der Waals surface area contributed by atoms with Crippen LogP contribution in [0.2, 0.25) is 0 Å². The van der Waals surface area contributed by atoms with Crippen LogP contribution in [-0.4, -0.2) is 39.3 Å². The van der Waals surface area contributed by atoms with Crippen LogP contribution in [0.15, 0.2) is 47.5 Å². The van der Waals surface area contributed by atoms with Gasteiger partial charge in [-0.25, -0.2) is 4.68 Å². The highest BCUT2D eigenvalue weighted by Gasteiger charge is 2.41. The summed E-state index contributed by atoms with van der Waals surface area (Å²) in [5.41, 5.74) is -1.50. The van der Waals surface area contributed by atoms with Crippen molar-refractivity contribution < 1.29 is 22.7 Å². The van der Waals surface area contributed by atoms with Crippen LogP contribution < -0.4 is 10.1 Å². The van der Waals surface area contributed by atoms with Crippen molar-refractivity contribution in [2.75, 3.05) is 18.7 Å². The number of anilines is 1. The second kappa shape index (κ2) is 7.89. The molecule has 0 radical (unpaired) electrons. The molecule has 28 heavy (non-hydrogen) atoms. The Kier molecular flexibility index (Phi) is 5.54. The zero-order chi connectivity index (χ0) is 20.3. The maximum absolute atomic E-state index is 13.7. The lowest BCUT2D eigenvalue weighted by Gasteiger charge is -2.12. The minimum absolute atomic E-state index is 0.135. The minimum atomic E-state index is -4.84. The standard InChI is InChI=1S/C17H14F3N5O2S/c1-27-14-8-7-13(23-24-14)25-15(17(18,19)20)12(9-21-25)16(26)22-10-3-5-11(28-2)6-4-10/h3-9H,1-2H3,(H,22,26). The average Bonchev–Trinajstić information content (AvgIpc) is 3.14. The van der Waals surface area contributed by atoms with Crippen LogP contribution in [0.5, 0.6) is 5.88 Å². The molecule has 7 nitrogen and oxygen atoms in total. The molecule has 0 fully saturated rings. The van der Waals surface area contributed by atoms with Gasteiger partial charge in [0.1, 0.15) is 0 Å². The Bertz CT molecular complexity index is 972. The number of thioether (sulfide) groups is 1. The summed E-state index contributed by atoms with van der Waals surface area (Å²) in [5, 5.41) is 13.4. The molecule has 0 aliphatic carbocycles. The summed E-state index contributed by atoms with van der Waals surface area (Å²) in [5.74, 6) is -0.996. The third kappa shape index (κ3) is 4.09. The number of hydrogen-bond donors (Lipinski definition) is 1. The lowest BCUT2D eigenvalue weighted by molar-refractivity contribution is -0.143. The van der Waals surface area contributed by atoms with Crippen molar-refractivity contribution in [1.82, 2.24) is 20.0 Å². The molecule has 11 heteroatoms. The summed E-state index contributed by atoms with van der Waals surface area (Å²) in [6, 6.07) is 9.32. The molecule has 146 valence electrons. The Morgan fingerprint density at radius 2 is 1.86 bits per heavy atom. The SMILES string of the molecule is COc1ccc(-n2ncc(C(=O)Nc3ccc(SC)cc3)c2C(F)(F)F)nn1. The normalized spacial score (nSPS) is 11.3. The second-order valence-corrected chi connectivity index (χ2v) is 6.31. The van der Waals surface area contributed by atoms with Gasteiger partial charge in [-0.3, -0.25) is 4.79 Å². The highest BCUT2D eigenvalue weighted by atomic mass is 32.2. The predicted molar refractivity (Wildman–Crippen MR) is 96.9 cm³/mol. The number of ether oxygens (including phenoxy) is 1. The molecule has 1 N–H and O–H groups in total. The van der Waals surface area contributed by atoms with Gasteiger partial charge < -0.3 is 10.1 Å². The summed E-state index contributed by atoms with van der Waals surface area (Å²) in [6.07, 6.45) is -2.10. The van der Waals surface area contributed by atoms with Crippen molar-refractivity contribution >= 4 is 23.4 Å². The summed E-state index contributed by atoms with van der Waals surface area (Å²) in [6.45, 7) is 0. The predicted octanol–water partition coefficient (Wildman–Crippen LogP) is 3.66. The van der Waals surface area contributed by atoms with E-state index < -0.39 is 23.3 Å². The number of nitrogens with one attached hydrogen (secondary N) is 1. The largest absolute Gasteiger partial charge is 0.480 e. The molecule has 0 bridgehead atoms. The number of alkyl halides is 3. The van der Waals surface area contributed by atoms with Crippen molar-refractivity contribution in [1.29, 1.82) is 0 Å². The van der Waals surface area contributed by atoms with Gasteiger partial charge in [0.25, 0.3) is 5.91 Å². The number of benzene rings is 1. The summed E-state index contributed by atoms with van der Waals surface area (Å²) >= 11 is 1.51. The van der Waals surface area contributed by atoms with Crippen LogP contribution in [0.25, 0.3) is 5.82 Å². The van der Waals surface area contributed by atoms with Crippen molar-refractivity contribution in [3.8, 4) is 11.7 Å². The smallest absolute Gasteiger partial charge is 0.434 e. The zero-order valence-electron chi connectivity index (χ0n) is 14.7. The van der Waals surface area contributed by atoms with Crippen LogP contribution in [0, 0.1) is 0 Å². The molecule has 0 aliphatic rings. The number of amides is 1. The Morgan fingerprint density at radius 3 is 2.39 bits per heavy atom. The van der Waals surface area contributed by atoms with Crippen LogP contribution in [0.1, 0.15) is 16.1 Å². The third-order valence-electron chi connectivity index (χ3n) is 3.68. The van der Waals surface area contributed by atoms with Gasteiger partial charge in [-0.05, 0) is 36.6 Å². The Balaban J connectivity index is 1.96. The lowest BCUT2D eigenvalue weighted by atomic mass is 10.2. The Hall–Kier alpha value is -3.08. The first-order valence-corrected chi connectivity index (χ1v) is 9.04. The topological polar surface area (TPSA) is 81.9 Å². The van der Waals surface area contributed by atoms with E-state index >= 15 is 0 Å². The fraction of sp³-hybridized carbons (Fsp3) is 0.176. The molecule has 2 aromatic heterocycles. The molecule has 1 amide bonds. The Morgan fingerprint density at radius 1 is 1.14 bits per heavy atom. The van der Waals surface area contributed by atoms with Gasteiger partial charge >= 0.3 is 6.18 Å². The first kappa shape index (κ1) is 19.7. The fourth-order valence-electron chi connectivity index (χ4n) is 2.37. The van der Waals surface area contributed by atoms with E-state index in [1.54, 1.807) is 24.3 Å². The fourth-order valence-corrected chi connectivity index (χ4v) is 2.78. The number of nitrogens with zero attached hydrogens (tertiary/aromatic N) is 4. The van der Waals surface area contributed by atoms with Crippen LogP contribution in [-0.2, 0) is 6.18 Å². The van der Waals surface area contributed by atoms with Crippen molar-refractivity contribution in [3.05, 3.63) is 53.9 Å². The Labute approximate surface area is 161 Å². The number of carbonyl (C=O) groups excluding carboxylic acids is 1. The third-order valence-corrected chi connectivity index (χ3v) is 4.43. The van der Waals surface area contributed by atoms with E-state index in [2.05, 4.69) is 20.6 Å². The summed E-state index contributed by atoms with van der Waals surface area (Å²) < 4.78 is 46.3. The molecule has 2 heterocycles. The molecular formula is C17H14F3N5O2S. The highest BCUT2D eigenvalue weighted by Crippen LogP contribution is 2.33. The van der Waals surface area contributed by atoms with Crippen molar-refractivity contribution in [3.63, 3.8) is 0 Å². The molecule has 0 saturated heterocycles. The quantitative estimate of drug-likeness (QED) is 0.648. The second-order valence-electron chi connectivity index (χ2n) is 5.43. The monoisotopic (exact) mass is 409 g/mol. The molecular weight excluding hydrogens is 395 g/mol. The van der Waals surface area contributed by atoms with Gasteiger partial charge in [0.05, 0.1) is 18.9 Å². The van der Waals surface area contributed by atoms with Crippen LogP contribution in [0.3, 0.4) is 0 Å². The molecule has 1 aromatic carbocycles. The van der Waals surface area contributed by atoms with Gasteiger partial charge in [0.2, 0.25) is 5.88 Å². The molecule has 0 aliphatic heterocycles. The average molecular weight is 409 g/mol. The number of aromatic nitrogens is 4. The van der Waals surface area contributed by atoms with E-state index in [-0.39, 0.29) is 11.7 Å². The van der Waals surface area contributed by atoms with Crippen LogP contribution in [0.4, 0.5) is 18.9 Å². The van der Waals surface area contributed by atoms with E-state index in [4.69, 9.17) is 4.74 Å². The van der Waals surface area contributed by atoms with Gasteiger partial charge in [0.15, 0.2) is 11.5 Å². The number of hydrogen-bond acceptors (Lipinski definition) is 6. The number of methoxy groups -OCH3 is 1. The van der Waals surface area contributed by atoms with Crippen molar-refractivity contribution in [2.24, 2.45) is 0 Å². The van der Waals surface area contributed by atoms with Crippen molar-refractivity contribution in [2.45, 2.75) is 11.1 Å². The van der Waals surface area contributed by atoms with E-state index in [1.165, 1.54) is 31.0 Å². The zero-order valence-corrected chi connectivity index (χ0v) is 15.5. The molecule has 3 aromatic rings. The molecule has 0 unspecified atom stereocenters. The highest BCUT2D eigenvalue weighted by molar-refractivity contribution is 7.98. The lowest BCUT2D eigenvalue weighted by Crippen LogP contribution is -2.21. The van der Waals surface area contributed by atoms with E-state index in [0.717, 1.165) is 11.1 Å². The van der Waals surface area contributed by atoms with E-state index in [9.17, 15) is 18.0 Å². The molecule has 0 atom stereocenters. The van der Waals surface area contributed by atoms with Gasteiger partial charge in [-0.15, -0.1) is 22.0 Å². The van der Waals surface area contributed by atoms with E-state index in [1.807, 2.05) is 6.26 Å². The molecule has 3 rings (SSSR count). The molecule has 0 spiro atoms. The minimum Gasteiger partial charge on any atom is -0.480 e. The number of rotatable bonds is 5.